The minimum atomic E-state index is 0.123. The van der Waals surface area contributed by atoms with E-state index in [2.05, 4.69) is 49.5 Å². The molecule has 0 atom stereocenters. The SMILES string of the molecule is CC1(C)Cc2cc(C(=O)N3CCCNCC3)sc2-c2ccccc21. The number of carbonyl (C=O) groups excluding carboxylic acids is 1. The molecule has 0 unspecified atom stereocenters. The molecule has 24 heavy (non-hydrogen) atoms. The Morgan fingerprint density at radius 3 is 2.92 bits per heavy atom. The lowest BCUT2D eigenvalue weighted by atomic mass is 9.73. The molecular weight excluding hydrogens is 316 g/mol. The van der Waals surface area contributed by atoms with Crippen LogP contribution in [0.25, 0.3) is 10.4 Å². The van der Waals surface area contributed by atoms with Crippen LogP contribution >= 0.6 is 11.3 Å². The predicted molar refractivity (Wildman–Crippen MR) is 99.9 cm³/mol. The lowest BCUT2D eigenvalue weighted by Crippen LogP contribution is -2.33. The summed E-state index contributed by atoms with van der Waals surface area (Å²) in [5.41, 5.74) is 4.17. The Kier molecular flexibility index (Phi) is 3.97. The number of thiophene rings is 1. The molecule has 2 aromatic rings. The molecule has 1 aromatic heterocycles. The quantitative estimate of drug-likeness (QED) is 0.859. The zero-order valence-electron chi connectivity index (χ0n) is 14.4. The van der Waals surface area contributed by atoms with E-state index in [0.29, 0.717) is 0 Å². The first-order valence-electron chi connectivity index (χ1n) is 8.79. The van der Waals surface area contributed by atoms with Gasteiger partial charge in [-0.25, -0.2) is 0 Å². The van der Waals surface area contributed by atoms with Gasteiger partial charge in [0.15, 0.2) is 0 Å². The summed E-state index contributed by atoms with van der Waals surface area (Å²) >= 11 is 1.68. The lowest BCUT2D eigenvalue weighted by molar-refractivity contribution is 0.0771. The van der Waals surface area contributed by atoms with E-state index in [1.165, 1.54) is 21.6 Å². The third-order valence-electron chi connectivity index (χ3n) is 5.18. The Balaban J connectivity index is 1.71. The topological polar surface area (TPSA) is 32.3 Å². The van der Waals surface area contributed by atoms with E-state index in [4.69, 9.17) is 0 Å². The fraction of sp³-hybridized carbons (Fsp3) is 0.450. The Hall–Kier alpha value is -1.65. The van der Waals surface area contributed by atoms with Gasteiger partial charge in [0.1, 0.15) is 0 Å². The second-order valence-corrected chi connectivity index (χ2v) is 8.52. The highest BCUT2D eigenvalue weighted by Crippen LogP contribution is 2.46. The first-order chi connectivity index (χ1) is 11.6. The summed E-state index contributed by atoms with van der Waals surface area (Å²) in [5.74, 6) is 0.202. The van der Waals surface area contributed by atoms with Crippen molar-refractivity contribution < 1.29 is 4.79 Å². The molecule has 1 fully saturated rings. The summed E-state index contributed by atoms with van der Waals surface area (Å²) < 4.78 is 0. The van der Waals surface area contributed by atoms with E-state index in [-0.39, 0.29) is 11.3 Å². The number of rotatable bonds is 1. The van der Waals surface area contributed by atoms with Gasteiger partial charge in [-0.15, -0.1) is 11.3 Å². The number of hydrogen-bond acceptors (Lipinski definition) is 3. The third-order valence-corrected chi connectivity index (χ3v) is 6.38. The van der Waals surface area contributed by atoms with Gasteiger partial charge in [-0.05, 0) is 47.6 Å². The highest BCUT2D eigenvalue weighted by Gasteiger charge is 2.33. The molecule has 1 aliphatic carbocycles. The van der Waals surface area contributed by atoms with Gasteiger partial charge < -0.3 is 10.2 Å². The van der Waals surface area contributed by atoms with Crippen LogP contribution in [-0.4, -0.2) is 37.0 Å². The summed E-state index contributed by atoms with van der Waals surface area (Å²) in [5, 5.41) is 3.37. The molecule has 0 bridgehead atoms. The highest BCUT2D eigenvalue weighted by atomic mass is 32.1. The average Bonchev–Trinajstić information content (AvgIpc) is 2.80. The molecule has 4 heteroatoms. The fourth-order valence-electron chi connectivity index (χ4n) is 3.94. The van der Waals surface area contributed by atoms with Gasteiger partial charge in [-0.3, -0.25) is 4.79 Å². The summed E-state index contributed by atoms with van der Waals surface area (Å²) in [6, 6.07) is 10.8. The molecule has 1 N–H and O–H groups in total. The van der Waals surface area contributed by atoms with Gasteiger partial charge >= 0.3 is 0 Å². The summed E-state index contributed by atoms with van der Waals surface area (Å²) in [4.78, 5) is 17.2. The van der Waals surface area contributed by atoms with Gasteiger partial charge in [-0.1, -0.05) is 38.1 Å². The maximum atomic E-state index is 13.0. The molecule has 0 radical (unpaired) electrons. The lowest BCUT2D eigenvalue weighted by Gasteiger charge is -2.32. The van der Waals surface area contributed by atoms with Crippen LogP contribution in [0.3, 0.4) is 0 Å². The van der Waals surface area contributed by atoms with Crippen molar-refractivity contribution >= 4 is 17.2 Å². The van der Waals surface area contributed by atoms with Crippen molar-refractivity contribution in [3.05, 3.63) is 46.3 Å². The van der Waals surface area contributed by atoms with Crippen molar-refractivity contribution in [2.75, 3.05) is 26.2 Å². The molecule has 126 valence electrons. The number of nitrogens with zero attached hydrogens (tertiary/aromatic N) is 1. The molecule has 0 saturated carbocycles. The molecule has 3 nitrogen and oxygen atoms in total. The van der Waals surface area contributed by atoms with Crippen molar-refractivity contribution in [3.63, 3.8) is 0 Å². The zero-order chi connectivity index (χ0) is 16.7. The van der Waals surface area contributed by atoms with Crippen LogP contribution < -0.4 is 5.32 Å². The first-order valence-corrected chi connectivity index (χ1v) is 9.60. The number of benzene rings is 1. The number of carbonyl (C=O) groups is 1. The van der Waals surface area contributed by atoms with E-state index in [1.54, 1.807) is 11.3 Å². The monoisotopic (exact) mass is 340 g/mol. The van der Waals surface area contributed by atoms with E-state index in [0.717, 1.165) is 43.9 Å². The van der Waals surface area contributed by atoms with Crippen LogP contribution in [0.5, 0.6) is 0 Å². The Labute approximate surface area is 147 Å². The third kappa shape index (κ3) is 2.68. The van der Waals surface area contributed by atoms with E-state index >= 15 is 0 Å². The maximum Gasteiger partial charge on any atom is 0.263 e. The number of nitrogens with one attached hydrogen (secondary N) is 1. The molecule has 1 amide bonds. The van der Waals surface area contributed by atoms with E-state index in [9.17, 15) is 4.79 Å². The average molecular weight is 340 g/mol. The Bertz CT molecular complexity index is 770. The maximum absolute atomic E-state index is 13.0. The molecule has 2 aliphatic rings. The van der Waals surface area contributed by atoms with Gasteiger partial charge in [0.2, 0.25) is 0 Å². The van der Waals surface area contributed by atoms with Crippen molar-refractivity contribution in [2.45, 2.75) is 32.1 Å². The summed E-state index contributed by atoms with van der Waals surface area (Å²) in [6.45, 7) is 8.17. The molecule has 2 heterocycles. The molecule has 1 saturated heterocycles. The van der Waals surface area contributed by atoms with Crippen LogP contribution in [0.1, 0.15) is 41.1 Å². The minimum absolute atomic E-state index is 0.123. The van der Waals surface area contributed by atoms with Crippen LogP contribution in [0.15, 0.2) is 30.3 Å². The van der Waals surface area contributed by atoms with Gasteiger partial charge in [0.25, 0.3) is 5.91 Å². The van der Waals surface area contributed by atoms with Crippen LogP contribution in [-0.2, 0) is 11.8 Å². The molecule has 0 spiro atoms. The fourth-order valence-corrected chi connectivity index (χ4v) is 5.13. The first kappa shape index (κ1) is 15.9. The summed E-state index contributed by atoms with van der Waals surface area (Å²) in [6.07, 6.45) is 2.04. The predicted octanol–water partition coefficient (Wildman–Crippen LogP) is 3.68. The van der Waals surface area contributed by atoms with Gasteiger partial charge in [0.05, 0.1) is 4.88 Å². The van der Waals surface area contributed by atoms with Gasteiger partial charge in [-0.2, -0.15) is 0 Å². The highest BCUT2D eigenvalue weighted by molar-refractivity contribution is 7.17. The molecular formula is C20H24N2OS. The Morgan fingerprint density at radius 2 is 2.04 bits per heavy atom. The zero-order valence-corrected chi connectivity index (χ0v) is 15.2. The van der Waals surface area contributed by atoms with Gasteiger partial charge in [0, 0.05) is 24.5 Å². The van der Waals surface area contributed by atoms with Crippen LogP contribution in [0.2, 0.25) is 0 Å². The minimum Gasteiger partial charge on any atom is -0.337 e. The normalized spacial score (nSPS) is 19.3. The van der Waals surface area contributed by atoms with Crippen LogP contribution in [0.4, 0.5) is 0 Å². The number of hydrogen-bond donors (Lipinski definition) is 1. The molecule has 1 aromatic carbocycles. The van der Waals surface area contributed by atoms with Crippen molar-refractivity contribution in [3.8, 4) is 10.4 Å². The largest absolute Gasteiger partial charge is 0.337 e. The summed E-state index contributed by atoms with van der Waals surface area (Å²) in [7, 11) is 0. The van der Waals surface area contributed by atoms with Crippen molar-refractivity contribution in [1.29, 1.82) is 0 Å². The van der Waals surface area contributed by atoms with Crippen molar-refractivity contribution in [2.24, 2.45) is 0 Å². The smallest absolute Gasteiger partial charge is 0.263 e. The Morgan fingerprint density at radius 1 is 1.21 bits per heavy atom. The second kappa shape index (κ2) is 6.01. The van der Waals surface area contributed by atoms with E-state index < -0.39 is 0 Å². The van der Waals surface area contributed by atoms with E-state index in [1.807, 2.05) is 4.90 Å². The number of fused-ring (bicyclic) bond motifs is 3. The second-order valence-electron chi connectivity index (χ2n) is 7.47. The molecule has 1 aliphatic heterocycles. The molecule has 4 rings (SSSR count). The standard InChI is InChI=1S/C20H24N2OS/c1-20(2)13-14-12-17(19(23)22-10-5-8-21-9-11-22)24-18(14)15-6-3-4-7-16(15)20/h3-4,6-7,12,21H,5,8-11,13H2,1-2H3. The van der Waals surface area contributed by atoms with Crippen LogP contribution in [0, 0.1) is 0 Å². The van der Waals surface area contributed by atoms with Crippen molar-refractivity contribution in [1.82, 2.24) is 10.2 Å². The number of amides is 1.